The van der Waals surface area contributed by atoms with E-state index in [2.05, 4.69) is 15.5 Å². The van der Waals surface area contributed by atoms with Crippen molar-refractivity contribution in [3.8, 4) is 0 Å². The highest BCUT2D eigenvalue weighted by Gasteiger charge is 2.15. The van der Waals surface area contributed by atoms with Crippen LogP contribution in [0.4, 0.5) is 0 Å². The first-order chi connectivity index (χ1) is 9.20. The van der Waals surface area contributed by atoms with Crippen LogP contribution in [0.15, 0.2) is 30.3 Å². The summed E-state index contributed by atoms with van der Waals surface area (Å²) in [6.45, 7) is 2.01. The second-order valence-electron chi connectivity index (χ2n) is 4.40. The minimum absolute atomic E-state index is 0.0517. The van der Waals surface area contributed by atoms with Crippen molar-refractivity contribution in [1.29, 1.82) is 0 Å². The lowest BCUT2D eigenvalue weighted by molar-refractivity contribution is -0.121. The summed E-state index contributed by atoms with van der Waals surface area (Å²) in [4.78, 5) is 11.8. The van der Waals surface area contributed by atoms with Crippen molar-refractivity contribution < 1.29 is 4.79 Å². The fraction of sp³-hybridized carbons (Fsp3) is 0.385. The molecular weight excluding hydrogens is 242 g/mol. The monoisotopic (exact) mass is 259 g/mol. The van der Waals surface area contributed by atoms with Gasteiger partial charge in [-0.2, -0.15) is 0 Å². The van der Waals surface area contributed by atoms with E-state index in [1.54, 1.807) is 0 Å². The molecule has 0 spiro atoms. The number of nitrogens with two attached hydrogens (primary N) is 1. The van der Waals surface area contributed by atoms with Crippen LogP contribution in [0.25, 0.3) is 0 Å². The molecule has 6 nitrogen and oxygen atoms in total. The van der Waals surface area contributed by atoms with E-state index in [-0.39, 0.29) is 12.3 Å². The lowest BCUT2D eigenvalue weighted by Crippen LogP contribution is -2.33. The molecule has 0 aliphatic carbocycles. The van der Waals surface area contributed by atoms with Crippen molar-refractivity contribution in [3.63, 3.8) is 0 Å². The molecular formula is C13H17N5O. The number of benzene rings is 1. The van der Waals surface area contributed by atoms with Gasteiger partial charge in [-0.15, -0.1) is 5.10 Å². The summed E-state index contributed by atoms with van der Waals surface area (Å²) in [5, 5.41) is 11.4. The zero-order chi connectivity index (χ0) is 13.7. The highest BCUT2D eigenvalue weighted by atomic mass is 16.1. The van der Waals surface area contributed by atoms with Gasteiger partial charge in [-0.3, -0.25) is 4.79 Å². The highest BCUT2D eigenvalue weighted by Crippen LogP contribution is 2.06. The SMILES string of the molecule is CCC(N)C(=O)Cn1nnnc1Cc1ccccc1. The summed E-state index contributed by atoms with van der Waals surface area (Å²) in [7, 11) is 0. The van der Waals surface area contributed by atoms with Crippen LogP contribution in [0.5, 0.6) is 0 Å². The van der Waals surface area contributed by atoms with Crippen LogP contribution >= 0.6 is 0 Å². The van der Waals surface area contributed by atoms with Gasteiger partial charge in [0.15, 0.2) is 11.6 Å². The molecule has 1 unspecified atom stereocenters. The molecule has 0 radical (unpaired) electrons. The zero-order valence-electron chi connectivity index (χ0n) is 10.9. The van der Waals surface area contributed by atoms with Crippen LogP contribution in [0, 0.1) is 0 Å². The molecule has 19 heavy (non-hydrogen) atoms. The Bertz CT molecular complexity index is 537. The molecule has 1 atom stereocenters. The van der Waals surface area contributed by atoms with Crippen LogP contribution in [0.3, 0.4) is 0 Å². The minimum Gasteiger partial charge on any atom is -0.321 e. The van der Waals surface area contributed by atoms with Crippen molar-refractivity contribution in [1.82, 2.24) is 20.2 Å². The summed E-state index contributed by atoms with van der Waals surface area (Å²) in [5.74, 6) is 0.618. The predicted molar refractivity (Wildman–Crippen MR) is 70.3 cm³/mol. The van der Waals surface area contributed by atoms with Gasteiger partial charge in [0.25, 0.3) is 0 Å². The first-order valence-electron chi connectivity index (χ1n) is 6.28. The van der Waals surface area contributed by atoms with Crippen molar-refractivity contribution in [2.24, 2.45) is 5.73 Å². The molecule has 1 aromatic heterocycles. The fourth-order valence-electron chi connectivity index (χ4n) is 1.74. The third-order valence-corrected chi connectivity index (χ3v) is 2.97. The van der Waals surface area contributed by atoms with Crippen molar-refractivity contribution >= 4 is 5.78 Å². The van der Waals surface area contributed by atoms with E-state index in [1.807, 2.05) is 37.3 Å². The zero-order valence-corrected chi connectivity index (χ0v) is 10.9. The Morgan fingerprint density at radius 2 is 2.11 bits per heavy atom. The first kappa shape index (κ1) is 13.4. The maximum Gasteiger partial charge on any atom is 0.171 e. The molecule has 0 fully saturated rings. The smallest absolute Gasteiger partial charge is 0.171 e. The Hall–Kier alpha value is -2.08. The molecule has 2 aromatic rings. The van der Waals surface area contributed by atoms with E-state index in [9.17, 15) is 4.79 Å². The number of ketones is 1. The normalized spacial score (nSPS) is 12.3. The number of rotatable bonds is 6. The fourth-order valence-corrected chi connectivity index (χ4v) is 1.74. The quantitative estimate of drug-likeness (QED) is 0.819. The number of Topliss-reactive ketones (excluding diaryl/α,β-unsaturated/α-hetero) is 1. The Balaban J connectivity index is 2.08. The molecule has 0 bridgehead atoms. The maximum absolute atomic E-state index is 11.8. The molecule has 0 aliphatic heterocycles. The van der Waals surface area contributed by atoms with Gasteiger partial charge in [-0.05, 0) is 22.4 Å². The van der Waals surface area contributed by atoms with Crippen LogP contribution in [-0.2, 0) is 17.8 Å². The number of tetrazole rings is 1. The molecule has 1 aromatic carbocycles. The van der Waals surface area contributed by atoms with Crippen LogP contribution in [0.1, 0.15) is 24.7 Å². The number of carbonyl (C=O) groups excluding carboxylic acids is 1. The highest BCUT2D eigenvalue weighted by molar-refractivity contribution is 5.83. The van der Waals surface area contributed by atoms with E-state index in [0.29, 0.717) is 18.7 Å². The summed E-state index contributed by atoms with van der Waals surface area (Å²) in [5.41, 5.74) is 6.81. The first-order valence-corrected chi connectivity index (χ1v) is 6.28. The van der Waals surface area contributed by atoms with Gasteiger partial charge in [0, 0.05) is 6.42 Å². The average molecular weight is 259 g/mol. The molecule has 2 rings (SSSR count). The molecule has 0 saturated heterocycles. The lowest BCUT2D eigenvalue weighted by Gasteiger charge is -2.08. The molecule has 100 valence electrons. The Morgan fingerprint density at radius 3 is 2.79 bits per heavy atom. The molecule has 0 amide bonds. The van der Waals surface area contributed by atoms with Crippen molar-refractivity contribution in [2.45, 2.75) is 32.4 Å². The van der Waals surface area contributed by atoms with Gasteiger partial charge in [0.2, 0.25) is 0 Å². The minimum atomic E-state index is -0.450. The number of carbonyl (C=O) groups is 1. The van der Waals surface area contributed by atoms with E-state index in [4.69, 9.17) is 5.73 Å². The Labute approximate surface area is 111 Å². The largest absolute Gasteiger partial charge is 0.321 e. The van der Waals surface area contributed by atoms with Gasteiger partial charge in [-0.25, -0.2) is 4.68 Å². The third kappa shape index (κ3) is 3.45. The second kappa shape index (κ2) is 6.19. The number of hydrogen-bond donors (Lipinski definition) is 1. The van der Waals surface area contributed by atoms with Crippen molar-refractivity contribution in [2.75, 3.05) is 0 Å². The summed E-state index contributed by atoms with van der Waals surface area (Å²) >= 11 is 0. The topological polar surface area (TPSA) is 86.7 Å². The van der Waals surface area contributed by atoms with Gasteiger partial charge in [0.1, 0.15) is 6.54 Å². The average Bonchev–Trinajstić information content (AvgIpc) is 2.86. The second-order valence-corrected chi connectivity index (χ2v) is 4.40. The number of nitrogens with zero attached hydrogens (tertiary/aromatic N) is 4. The van der Waals surface area contributed by atoms with Crippen LogP contribution in [-0.4, -0.2) is 32.0 Å². The molecule has 1 heterocycles. The predicted octanol–water partition coefficient (Wildman–Crippen LogP) is 0.570. The van der Waals surface area contributed by atoms with Gasteiger partial charge < -0.3 is 5.73 Å². The van der Waals surface area contributed by atoms with Gasteiger partial charge in [0.05, 0.1) is 6.04 Å². The van der Waals surface area contributed by atoms with E-state index < -0.39 is 6.04 Å². The number of hydrogen-bond acceptors (Lipinski definition) is 5. The van der Waals surface area contributed by atoms with Crippen molar-refractivity contribution in [3.05, 3.63) is 41.7 Å². The Kier molecular flexibility index (Phi) is 4.35. The van der Waals surface area contributed by atoms with E-state index >= 15 is 0 Å². The van der Waals surface area contributed by atoms with Gasteiger partial charge in [-0.1, -0.05) is 37.3 Å². The third-order valence-electron chi connectivity index (χ3n) is 2.97. The van der Waals surface area contributed by atoms with Gasteiger partial charge >= 0.3 is 0 Å². The van der Waals surface area contributed by atoms with E-state index in [1.165, 1.54) is 4.68 Å². The summed E-state index contributed by atoms with van der Waals surface area (Å²) in [6.07, 6.45) is 1.22. The molecule has 0 saturated carbocycles. The Morgan fingerprint density at radius 1 is 1.37 bits per heavy atom. The van der Waals surface area contributed by atoms with Crippen LogP contribution < -0.4 is 5.73 Å². The molecule has 0 aliphatic rings. The molecule has 2 N–H and O–H groups in total. The van der Waals surface area contributed by atoms with Crippen LogP contribution in [0.2, 0.25) is 0 Å². The maximum atomic E-state index is 11.8. The standard InChI is InChI=1S/C13H17N5O/c1-2-11(14)12(19)9-18-13(15-16-17-18)8-10-6-4-3-5-7-10/h3-7,11H,2,8-9,14H2,1H3. The molecule has 6 heteroatoms. The number of aromatic nitrogens is 4. The summed E-state index contributed by atoms with van der Waals surface area (Å²) < 4.78 is 1.52. The lowest BCUT2D eigenvalue weighted by atomic mass is 10.1. The van der Waals surface area contributed by atoms with E-state index in [0.717, 1.165) is 5.56 Å². The summed E-state index contributed by atoms with van der Waals surface area (Å²) in [6, 6.07) is 9.42.